The quantitative estimate of drug-likeness (QED) is 0.714. The third kappa shape index (κ3) is 3.36. The number of imidazole rings is 1. The van der Waals surface area contributed by atoms with Gasteiger partial charge in [0.05, 0.1) is 17.4 Å². The Morgan fingerprint density at radius 1 is 1.33 bits per heavy atom. The number of nitrogens with one attached hydrogen (secondary N) is 1. The van der Waals surface area contributed by atoms with E-state index in [1.54, 1.807) is 0 Å². The first kappa shape index (κ1) is 14.8. The topological polar surface area (TPSA) is 29.9 Å². The molecule has 0 bridgehead atoms. The molecule has 110 valence electrons. The summed E-state index contributed by atoms with van der Waals surface area (Å²) >= 11 is 5.44. The van der Waals surface area contributed by atoms with E-state index in [0.29, 0.717) is 6.04 Å². The number of aromatic nitrogens is 2. The molecule has 0 aliphatic carbocycles. The Balaban J connectivity index is 1.80. The Bertz CT molecular complexity index is 719. The monoisotopic (exact) mass is 363 g/mol. The van der Waals surface area contributed by atoms with E-state index in [4.69, 9.17) is 0 Å². The fourth-order valence-corrected chi connectivity index (χ4v) is 4.17. The number of halogens is 1. The van der Waals surface area contributed by atoms with Gasteiger partial charge >= 0.3 is 0 Å². The molecule has 1 aromatic carbocycles. The number of hydrogen-bond acceptors (Lipinski definition) is 3. The van der Waals surface area contributed by atoms with Crippen LogP contribution in [0.15, 0.2) is 46.5 Å². The number of likely N-dealkylation sites (N-methyl/N-ethyl adjacent to an activating group) is 1. The van der Waals surface area contributed by atoms with Gasteiger partial charge in [-0.15, -0.1) is 11.3 Å². The molecule has 0 saturated heterocycles. The van der Waals surface area contributed by atoms with E-state index < -0.39 is 0 Å². The predicted octanol–water partition coefficient (Wildman–Crippen LogP) is 4.08. The van der Waals surface area contributed by atoms with Gasteiger partial charge in [-0.3, -0.25) is 0 Å². The first-order valence-electron chi connectivity index (χ1n) is 7.13. The smallest absolute Gasteiger partial charge is 0.0958 e. The first-order chi connectivity index (χ1) is 10.3. The molecule has 1 atom stereocenters. The highest BCUT2D eigenvalue weighted by Gasteiger charge is 2.13. The molecular weight excluding hydrogens is 346 g/mol. The van der Waals surface area contributed by atoms with Gasteiger partial charge in [-0.1, -0.05) is 19.1 Å². The molecule has 3 nitrogen and oxygen atoms in total. The lowest BCUT2D eigenvalue weighted by molar-refractivity contribution is 0.463. The molecule has 0 aliphatic heterocycles. The van der Waals surface area contributed by atoms with Crippen LogP contribution in [0.3, 0.4) is 0 Å². The van der Waals surface area contributed by atoms with E-state index in [-0.39, 0.29) is 0 Å². The summed E-state index contributed by atoms with van der Waals surface area (Å²) < 4.78 is 3.45. The van der Waals surface area contributed by atoms with E-state index in [1.165, 1.54) is 14.9 Å². The number of benzene rings is 1. The molecule has 2 aromatic heterocycles. The summed E-state index contributed by atoms with van der Waals surface area (Å²) in [5.41, 5.74) is 2.26. The molecule has 0 aliphatic rings. The molecule has 0 amide bonds. The third-order valence-electron chi connectivity index (χ3n) is 3.56. The SMILES string of the molecule is CCNC(Cc1sccc1Br)Cn1cnc2ccccc21. The normalized spacial score (nSPS) is 12.9. The third-order valence-corrected chi connectivity index (χ3v) is 5.51. The number of rotatable bonds is 6. The van der Waals surface area contributed by atoms with E-state index in [0.717, 1.165) is 25.0 Å². The summed E-state index contributed by atoms with van der Waals surface area (Å²) in [6.45, 7) is 4.06. The van der Waals surface area contributed by atoms with E-state index in [2.05, 4.69) is 67.4 Å². The molecule has 3 rings (SSSR count). The van der Waals surface area contributed by atoms with Crippen LogP contribution < -0.4 is 5.32 Å². The minimum Gasteiger partial charge on any atom is -0.329 e. The van der Waals surface area contributed by atoms with Gasteiger partial charge in [0.1, 0.15) is 0 Å². The van der Waals surface area contributed by atoms with Crippen LogP contribution in [-0.2, 0) is 13.0 Å². The van der Waals surface area contributed by atoms with Crippen molar-refractivity contribution in [1.82, 2.24) is 14.9 Å². The number of nitrogens with zero attached hydrogens (tertiary/aromatic N) is 2. The fourth-order valence-electron chi connectivity index (χ4n) is 2.58. The lowest BCUT2D eigenvalue weighted by Gasteiger charge is -2.18. The molecule has 0 fully saturated rings. The summed E-state index contributed by atoms with van der Waals surface area (Å²) in [5.74, 6) is 0. The maximum Gasteiger partial charge on any atom is 0.0958 e. The number of para-hydroxylation sites is 2. The van der Waals surface area contributed by atoms with Crippen molar-refractivity contribution in [3.8, 4) is 0 Å². The van der Waals surface area contributed by atoms with Gasteiger partial charge in [0.15, 0.2) is 0 Å². The van der Waals surface area contributed by atoms with Gasteiger partial charge in [-0.25, -0.2) is 4.98 Å². The molecule has 21 heavy (non-hydrogen) atoms. The average Bonchev–Trinajstić information content (AvgIpc) is 3.07. The van der Waals surface area contributed by atoms with Crippen molar-refractivity contribution in [2.24, 2.45) is 0 Å². The van der Waals surface area contributed by atoms with Gasteiger partial charge in [0.25, 0.3) is 0 Å². The highest BCUT2D eigenvalue weighted by molar-refractivity contribution is 9.10. The van der Waals surface area contributed by atoms with Crippen LogP contribution in [0.25, 0.3) is 11.0 Å². The van der Waals surface area contributed by atoms with Crippen LogP contribution in [-0.4, -0.2) is 22.1 Å². The minimum absolute atomic E-state index is 0.405. The zero-order chi connectivity index (χ0) is 14.7. The highest BCUT2D eigenvalue weighted by Crippen LogP contribution is 2.24. The van der Waals surface area contributed by atoms with Crippen molar-refractivity contribution in [2.75, 3.05) is 6.54 Å². The van der Waals surface area contributed by atoms with Crippen LogP contribution in [0.2, 0.25) is 0 Å². The maximum absolute atomic E-state index is 4.47. The summed E-state index contributed by atoms with van der Waals surface area (Å²) in [6, 6.07) is 10.8. The van der Waals surface area contributed by atoms with Crippen molar-refractivity contribution in [3.63, 3.8) is 0 Å². The Morgan fingerprint density at radius 3 is 2.95 bits per heavy atom. The Hall–Kier alpha value is -1.17. The molecular formula is C16H18BrN3S. The summed E-state index contributed by atoms with van der Waals surface area (Å²) in [4.78, 5) is 5.87. The average molecular weight is 364 g/mol. The number of thiophene rings is 1. The van der Waals surface area contributed by atoms with Crippen molar-refractivity contribution in [3.05, 3.63) is 51.4 Å². The van der Waals surface area contributed by atoms with Gasteiger partial charge in [-0.05, 0) is 52.5 Å². The zero-order valence-electron chi connectivity index (χ0n) is 11.9. The van der Waals surface area contributed by atoms with Gasteiger partial charge in [0, 0.05) is 21.9 Å². The molecule has 0 radical (unpaired) electrons. The van der Waals surface area contributed by atoms with Crippen LogP contribution in [0.5, 0.6) is 0 Å². The van der Waals surface area contributed by atoms with Crippen LogP contribution in [0, 0.1) is 0 Å². The van der Waals surface area contributed by atoms with Crippen molar-refractivity contribution in [1.29, 1.82) is 0 Å². The zero-order valence-corrected chi connectivity index (χ0v) is 14.3. The largest absolute Gasteiger partial charge is 0.329 e. The van der Waals surface area contributed by atoms with Gasteiger partial charge in [-0.2, -0.15) is 0 Å². The van der Waals surface area contributed by atoms with E-state index in [9.17, 15) is 0 Å². The molecule has 3 aromatic rings. The second kappa shape index (κ2) is 6.73. The van der Waals surface area contributed by atoms with Crippen molar-refractivity contribution < 1.29 is 0 Å². The van der Waals surface area contributed by atoms with Crippen molar-refractivity contribution in [2.45, 2.75) is 25.9 Å². The standard InChI is InChI=1S/C16H18BrN3S/c1-2-18-12(9-16-13(17)7-8-21-16)10-20-11-19-14-5-3-4-6-15(14)20/h3-8,11-12,18H,2,9-10H2,1H3. The van der Waals surface area contributed by atoms with E-state index >= 15 is 0 Å². The predicted molar refractivity (Wildman–Crippen MR) is 92.9 cm³/mol. The van der Waals surface area contributed by atoms with Crippen LogP contribution >= 0.6 is 27.3 Å². The maximum atomic E-state index is 4.47. The summed E-state index contributed by atoms with van der Waals surface area (Å²) in [6.07, 6.45) is 2.97. The minimum atomic E-state index is 0.405. The fraction of sp³-hybridized carbons (Fsp3) is 0.312. The van der Waals surface area contributed by atoms with Gasteiger partial charge in [0.2, 0.25) is 0 Å². The molecule has 1 N–H and O–H groups in total. The highest BCUT2D eigenvalue weighted by atomic mass is 79.9. The first-order valence-corrected chi connectivity index (χ1v) is 8.80. The molecule has 5 heteroatoms. The Morgan fingerprint density at radius 2 is 2.19 bits per heavy atom. The van der Waals surface area contributed by atoms with Crippen LogP contribution in [0.1, 0.15) is 11.8 Å². The number of hydrogen-bond donors (Lipinski definition) is 1. The molecule has 2 heterocycles. The molecule has 0 saturated carbocycles. The summed E-state index contributed by atoms with van der Waals surface area (Å²) in [7, 11) is 0. The molecule has 1 unspecified atom stereocenters. The lowest BCUT2D eigenvalue weighted by atomic mass is 10.1. The van der Waals surface area contributed by atoms with Gasteiger partial charge < -0.3 is 9.88 Å². The van der Waals surface area contributed by atoms with Crippen LogP contribution in [0.4, 0.5) is 0 Å². The second-order valence-electron chi connectivity index (χ2n) is 5.04. The second-order valence-corrected chi connectivity index (χ2v) is 6.89. The Kier molecular flexibility index (Phi) is 4.73. The molecule has 0 spiro atoms. The van der Waals surface area contributed by atoms with E-state index in [1.807, 2.05) is 23.7 Å². The summed E-state index contributed by atoms with van der Waals surface area (Å²) in [5, 5.41) is 5.72. The lowest BCUT2D eigenvalue weighted by Crippen LogP contribution is -2.34. The number of fused-ring (bicyclic) bond motifs is 1. The van der Waals surface area contributed by atoms with Crippen molar-refractivity contribution >= 4 is 38.3 Å². The Labute approximate surface area is 137 Å².